The van der Waals surface area contributed by atoms with E-state index in [4.69, 9.17) is 17.3 Å². The smallest absolute Gasteiger partial charge is 0.355 e. The van der Waals surface area contributed by atoms with Crippen LogP contribution in [0, 0.1) is 29.2 Å². The van der Waals surface area contributed by atoms with E-state index in [-0.39, 0.29) is 54.4 Å². The number of nitrogens with one attached hydrogen (secondary N) is 1. The third kappa shape index (κ3) is 4.98. The van der Waals surface area contributed by atoms with Gasteiger partial charge in [0.15, 0.2) is 28.9 Å². The second-order valence-electron chi connectivity index (χ2n) is 11.1. The number of fused-ring (bicyclic) bond motifs is 1. The van der Waals surface area contributed by atoms with Crippen LogP contribution in [-0.2, 0) is 4.79 Å². The Hall–Kier alpha value is -4.39. The molecule has 1 fully saturated rings. The van der Waals surface area contributed by atoms with Crippen LogP contribution in [0.4, 0.5) is 29.1 Å². The summed E-state index contributed by atoms with van der Waals surface area (Å²) in [5, 5.41) is 2.37. The molecular formula is C30H30ClF4N7O2. The fourth-order valence-corrected chi connectivity index (χ4v) is 5.89. The highest BCUT2D eigenvalue weighted by Crippen LogP contribution is 2.40. The molecule has 1 unspecified atom stereocenters. The lowest BCUT2D eigenvalue weighted by molar-refractivity contribution is -0.126. The highest BCUT2D eigenvalue weighted by molar-refractivity contribution is 6.34. The summed E-state index contributed by atoms with van der Waals surface area (Å²) in [7, 11) is 0. The van der Waals surface area contributed by atoms with Crippen LogP contribution in [0.25, 0.3) is 28.0 Å². The SMILES string of the molecule is C=CC(=O)N1CCN(c2nc(=O)n(C3=C(C)C=CNC3C(C)C)c3nc(-c4c(N)c(Cl)c(F)c(F)c4F)c(F)cc23)[C@@H](C)C1. The second kappa shape index (κ2) is 11.6. The van der Waals surface area contributed by atoms with Crippen LogP contribution >= 0.6 is 11.6 Å². The fourth-order valence-electron chi connectivity index (χ4n) is 5.71. The predicted octanol–water partition coefficient (Wildman–Crippen LogP) is 4.85. The number of nitrogens with two attached hydrogens (primary N) is 1. The predicted molar refractivity (Wildman–Crippen MR) is 162 cm³/mol. The Bertz CT molecular complexity index is 1810. The number of amides is 1. The van der Waals surface area contributed by atoms with Crippen molar-refractivity contribution in [1.82, 2.24) is 24.8 Å². The second-order valence-corrected chi connectivity index (χ2v) is 11.5. The van der Waals surface area contributed by atoms with Gasteiger partial charge in [-0.15, -0.1) is 0 Å². The van der Waals surface area contributed by atoms with Crippen LogP contribution in [0.3, 0.4) is 0 Å². The maximum Gasteiger partial charge on any atom is 0.355 e. The van der Waals surface area contributed by atoms with Crippen LogP contribution in [0.1, 0.15) is 27.7 Å². The Labute approximate surface area is 255 Å². The van der Waals surface area contributed by atoms with Crippen molar-refractivity contribution in [2.75, 3.05) is 30.3 Å². The van der Waals surface area contributed by atoms with Gasteiger partial charge in [-0.1, -0.05) is 32.0 Å². The highest BCUT2D eigenvalue weighted by atomic mass is 35.5. The number of benzene rings is 1. The molecule has 9 nitrogen and oxygen atoms in total. The molecule has 232 valence electrons. The van der Waals surface area contributed by atoms with Gasteiger partial charge in [-0.2, -0.15) is 4.98 Å². The standard InChI is InChI=1S/C30H30ClF4N7O2/c1-6-18(43)40-9-10-41(15(5)12-40)28-16-11-17(32)26(19-21(33)23(35)22(34)20(31)24(19)36)38-29(16)42(30(44)39-28)27-14(4)7-8-37-25(27)13(2)3/h6-8,11,13,15,25,37H,1,9-10,12,36H2,2-5H3/t15-,25?/m0/s1. The molecule has 0 spiro atoms. The number of carbonyl (C=O) groups is 1. The van der Waals surface area contributed by atoms with Crippen LogP contribution in [0.5, 0.6) is 0 Å². The minimum absolute atomic E-state index is 0.0416. The molecule has 3 aromatic rings. The van der Waals surface area contributed by atoms with Gasteiger partial charge in [-0.25, -0.2) is 31.9 Å². The zero-order chi connectivity index (χ0) is 32.2. The van der Waals surface area contributed by atoms with Gasteiger partial charge >= 0.3 is 5.69 Å². The molecule has 44 heavy (non-hydrogen) atoms. The minimum atomic E-state index is -1.95. The Morgan fingerprint density at radius 3 is 2.52 bits per heavy atom. The number of hydrogen-bond acceptors (Lipinski definition) is 7. The number of carbonyl (C=O) groups excluding carboxylic acids is 1. The number of rotatable bonds is 5. The summed E-state index contributed by atoms with van der Waals surface area (Å²) in [4.78, 5) is 38.3. The fraction of sp³-hybridized carbons (Fsp3) is 0.333. The van der Waals surface area contributed by atoms with Gasteiger partial charge in [0, 0.05) is 25.7 Å². The largest absolute Gasteiger partial charge is 0.397 e. The number of dihydropyridines is 1. The van der Waals surface area contributed by atoms with Gasteiger partial charge in [0.25, 0.3) is 0 Å². The van der Waals surface area contributed by atoms with Crippen LogP contribution in [-0.4, -0.2) is 57.1 Å². The maximum atomic E-state index is 16.0. The van der Waals surface area contributed by atoms with Gasteiger partial charge in [-0.05, 0) is 49.8 Å². The number of anilines is 2. The molecule has 0 aliphatic carbocycles. The first-order valence-corrected chi connectivity index (χ1v) is 14.2. The van der Waals surface area contributed by atoms with Gasteiger partial charge in [0.1, 0.15) is 16.5 Å². The minimum Gasteiger partial charge on any atom is -0.397 e. The zero-order valence-electron chi connectivity index (χ0n) is 24.4. The van der Waals surface area contributed by atoms with E-state index in [2.05, 4.69) is 21.9 Å². The summed E-state index contributed by atoms with van der Waals surface area (Å²) in [6, 6.07) is 0.239. The van der Waals surface area contributed by atoms with Gasteiger partial charge in [0.2, 0.25) is 5.91 Å². The topological polar surface area (TPSA) is 109 Å². The number of piperazine rings is 1. The van der Waals surface area contributed by atoms with Crippen molar-refractivity contribution in [3.63, 3.8) is 0 Å². The normalized spacial score (nSPS) is 18.8. The molecule has 2 aliphatic heterocycles. The monoisotopic (exact) mass is 631 g/mol. The third-order valence-corrected chi connectivity index (χ3v) is 8.31. The average Bonchev–Trinajstić information content (AvgIpc) is 2.99. The molecule has 4 heterocycles. The molecule has 1 aromatic carbocycles. The van der Waals surface area contributed by atoms with E-state index in [0.29, 0.717) is 11.3 Å². The molecular weight excluding hydrogens is 602 g/mol. The summed E-state index contributed by atoms with van der Waals surface area (Å²) in [5.41, 5.74) is 3.71. The number of halogens is 5. The van der Waals surface area contributed by atoms with Crippen molar-refractivity contribution in [2.45, 2.75) is 39.8 Å². The molecule has 0 saturated carbocycles. The van der Waals surface area contributed by atoms with E-state index >= 15 is 8.78 Å². The highest BCUT2D eigenvalue weighted by Gasteiger charge is 2.33. The lowest BCUT2D eigenvalue weighted by Crippen LogP contribution is -2.54. The van der Waals surface area contributed by atoms with Gasteiger partial charge < -0.3 is 20.9 Å². The van der Waals surface area contributed by atoms with Crippen LogP contribution in [0.15, 0.2) is 41.4 Å². The number of hydrogen-bond donors (Lipinski definition) is 2. The molecule has 1 saturated heterocycles. The van der Waals surface area contributed by atoms with Crippen molar-refractivity contribution in [2.24, 2.45) is 5.92 Å². The zero-order valence-corrected chi connectivity index (χ0v) is 25.1. The first-order valence-electron chi connectivity index (χ1n) is 13.8. The van der Waals surface area contributed by atoms with Gasteiger partial charge in [-0.3, -0.25) is 4.79 Å². The molecule has 1 amide bonds. The molecule has 2 aromatic heterocycles. The molecule has 2 aliphatic rings. The Balaban J connectivity index is 1.84. The van der Waals surface area contributed by atoms with Crippen molar-refractivity contribution in [3.05, 3.63) is 75.3 Å². The van der Waals surface area contributed by atoms with E-state index in [9.17, 15) is 18.4 Å². The Morgan fingerprint density at radius 1 is 1.18 bits per heavy atom. The summed E-state index contributed by atoms with van der Waals surface area (Å²) < 4.78 is 61.0. The quantitative estimate of drug-likeness (QED) is 0.136. The first-order chi connectivity index (χ1) is 20.8. The van der Waals surface area contributed by atoms with E-state index in [1.807, 2.05) is 20.8 Å². The molecule has 0 radical (unpaired) electrons. The lowest BCUT2D eigenvalue weighted by Gasteiger charge is -2.40. The van der Waals surface area contributed by atoms with E-state index < -0.39 is 57.0 Å². The van der Waals surface area contributed by atoms with E-state index in [0.717, 1.165) is 6.07 Å². The summed E-state index contributed by atoms with van der Waals surface area (Å²) in [6.07, 6.45) is 4.69. The molecule has 14 heteroatoms. The number of pyridine rings is 1. The number of allylic oxidation sites excluding steroid dienone is 2. The van der Waals surface area contributed by atoms with Crippen LogP contribution < -0.4 is 21.6 Å². The summed E-state index contributed by atoms with van der Waals surface area (Å²) >= 11 is 5.83. The molecule has 0 bridgehead atoms. The van der Waals surface area contributed by atoms with Crippen molar-refractivity contribution >= 4 is 45.7 Å². The Morgan fingerprint density at radius 2 is 1.89 bits per heavy atom. The van der Waals surface area contributed by atoms with Crippen LogP contribution in [0.2, 0.25) is 5.02 Å². The lowest BCUT2D eigenvalue weighted by atomic mass is 9.95. The molecule has 3 N–H and O–H groups in total. The number of aromatic nitrogens is 3. The van der Waals surface area contributed by atoms with Crippen molar-refractivity contribution in [1.29, 1.82) is 0 Å². The van der Waals surface area contributed by atoms with E-state index in [1.54, 1.807) is 29.0 Å². The summed E-state index contributed by atoms with van der Waals surface area (Å²) in [6.45, 7) is 11.8. The molecule has 5 rings (SSSR count). The average molecular weight is 632 g/mol. The maximum absolute atomic E-state index is 16.0. The van der Waals surface area contributed by atoms with Gasteiger partial charge in [0.05, 0.1) is 28.4 Å². The van der Waals surface area contributed by atoms with Crippen molar-refractivity contribution < 1.29 is 22.4 Å². The molecule has 2 atom stereocenters. The first kappa shape index (κ1) is 31.0. The Kier molecular flexibility index (Phi) is 8.19. The number of nitrogens with zero attached hydrogens (tertiary/aromatic N) is 5. The van der Waals surface area contributed by atoms with E-state index in [1.165, 1.54) is 10.6 Å². The third-order valence-electron chi connectivity index (χ3n) is 7.94. The van der Waals surface area contributed by atoms with Crippen molar-refractivity contribution in [3.8, 4) is 11.3 Å². The summed E-state index contributed by atoms with van der Waals surface area (Å²) in [5.74, 6) is -6.81. The number of nitrogen functional groups attached to an aromatic ring is 1.